The number of rotatable bonds is 5. The average molecular weight is 379 g/mol. The molecule has 0 unspecified atom stereocenters. The van der Waals surface area contributed by atoms with Crippen LogP contribution in [-0.4, -0.2) is 35.3 Å². The summed E-state index contributed by atoms with van der Waals surface area (Å²) in [7, 11) is 3.51. The zero-order valence-electron chi connectivity index (χ0n) is 15.7. The third-order valence-corrected chi connectivity index (χ3v) is 4.65. The molecule has 1 N–H and O–H groups in total. The highest BCUT2D eigenvalue weighted by atomic mass is 16.6. The third-order valence-electron chi connectivity index (χ3n) is 4.65. The molecule has 1 aromatic heterocycles. The summed E-state index contributed by atoms with van der Waals surface area (Å²) in [5, 5.41) is 3.05. The van der Waals surface area contributed by atoms with Crippen molar-refractivity contribution in [3.63, 3.8) is 0 Å². The number of ether oxygens (including phenoxy) is 3. The van der Waals surface area contributed by atoms with E-state index in [9.17, 15) is 4.79 Å². The fourth-order valence-corrected chi connectivity index (χ4v) is 3.13. The third kappa shape index (κ3) is 3.51. The van der Waals surface area contributed by atoms with Gasteiger partial charge < -0.3 is 24.1 Å². The number of fused-ring (bicyclic) bond motifs is 1. The summed E-state index contributed by atoms with van der Waals surface area (Å²) in [4.78, 5) is 17.4. The normalized spacial score (nSPS) is 16.3. The van der Waals surface area contributed by atoms with Crippen molar-refractivity contribution in [1.29, 1.82) is 0 Å². The van der Waals surface area contributed by atoms with Crippen LogP contribution in [0.1, 0.15) is 17.4 Å². The van der Waals surface area contributed by atoms with E-state index >= 15 is 0 Å². The fourth-order valence-electron chi connectivity index (χ4n) is 3.13. The molecule has 4 rings (SSSR count). The van der Waals surface area contributed by atoms with Crippen molar-refractivity contribution in [3.8, 4) is 17.2 Å². The first kappa shape index (κ1) is 17.9. The van der Waals surface area contributed by atoms with Crippen molar-refractivity contribution in [2.75, 3.05) is 13.7 Å². The average Bonchev–Trinajstić information content (AvgIpc) is 3.17. The first-order valence-corrected chi connectivity index (χ1v) is 8.95. The SMILES string of the molecule is COc1ccc([C@@H](NC(=O)[C@H]2COc3ccccc3O2)c2nccn2C)cc1. The number of aromatic nitrogens is 2. The van der Waals surface area contributed by atoms with Crippen LogP contribution in [-0.2, 0) is 11.8 Å². The van der Waals surface area contributed by atoms with Gasteiger partial charge in [-0.05, 0) is 29.8 Å². The number of benzene rings is 2. The quantitative estimate of drug-likeness (QED) is 0.737. The highest BCUT2D eigenvalue weighted by molar-refractivity contribution is 5.82. The molecule has 0 bridgehead atoms. The van der Waals surface area contributed by atoms with Gasteiger partial charge in [-0.2, -0.15) is 0 Å². The Bertz CT molecular complexity index is 968. The molecule has 0 radical (unpaired) electrons. The molecule has 0 saturated heterocycles. The zero-order valence-corrected chi connectivity index (χ0v) is 15.7. The van der Waals surface area contributed by atoms with Gasteiger partial charge in [-0.25, -0.2) is 4.98 Å². The summed E-state index contributed by atoms with van der Waals surface area (Å²) in [5.74, 6) is 2.40. The van der Waals surface area contributed by atoms with Crippen molar-refractivity contribution >= 4 is 5.91 Å². The monoisotopic (exact) mass is 379 g/mol. The van der Waals surface area contributed by atoms with Gasteiger partial charge in [-0.3, -0.25) is 4.79 Å². The molecular weight excluding hydrogens is 358 g/mol. The van der Waals surface area contributed by atoms with Gasteiger partial charge in [0, 0.05) is 19.4 Å². The van der Waals surface area contributed by atoms with Gasteiger partial charge in [-0.1, -0.05) is 24.3 Å². The fraction of sp³-hybridized carbons (Fsp3) is 0.238. The number of carbonyl (C=O) groups is 1. The molecule has 2 aromatic carbocycles. The predicted octanol–water partition coefficient (Wildman–Crippen LogP) is 2.47. The lowest BCUT2D eigenvalue weighted by atomic mass is 10.1. The van der Waals surface area contributed by atoms with Crippen LogP contribution in [0.4, 0.5) is 0 Å². The Balaban J connectivity index is 1.57. The number of nitrogens with zero attached hydrogens (tertiary/aromatic N) is 2. The molecule has 2 atom stereocenters. The van der Waals surface area contributed by atoms with Crippen molar-refractivity contribution in [2.24, 2.45) is 7.05 Å². The van der Waals surface area contributed by atoms with Crippen LogP contribution >= 0.6 is 0 Å². The number of hydrogen-bond donors (Lipinski definition) is 1. The van der Waals surface area contributed by atoms with Gasteiger partial charge >= 0.3 is 0 Å². The minimum absolute atomic E-state index is 0.152. The van der Waals surface area contributed by atoms with Gasteiger partial charge in [0.2, 0.25) is 6.10 Å². The Hall–Kier alpha value is -3.48. The molecule has 1 amide bonds. The summed E-state index contributed by atoms with van der Waals surface area (Å²) >= 11 is 0. The number of imidazole rings is 1. The Morgan fingerprint density at radius 2 is 1.96 bits per heavy atom. The van der Waals surface area contributed by atoms with Gasteiger partial charge in [0.1, 0.15) is 24.2 Å². The Kier molecular flexibility index (Phi) is 4.89. The van der Waals surface area contributed by atoms with Crippen LogP contribution < -0.4 is 19.5 Å². The molecule has 0 saturated carbocycles. The lowest BCUT2D eigenvalue weighted by molar-refractivity contribution is -0.130. The molecule has 0 spiro atoms. The number of nitrogens with one attached hydrogen (secondary N) is 1. The van der Waals surface area contributed by atoms with Gasteiger partial charge in [-0.15, -0.1) is 0 Å². The van der Waals surface area contributed by atoms with E-state index in [0.717, 1.165) is 17.1 Å². The second kappa shape index (κ2) is 7.64. The number of para-hydroxylation sites is 2. The van der Waals surface area contributed by atoms with Gasteiger partial charge in [0.25, 0.3) is 5.91 Å². The second-order valence-electron chi connectivity index (χ2n) is 6.48. The summed E-state index contributed by atoms with van der Waals surface area (Å²) in [5.41, 5.74) is 0.889. The minimum atomic E-state index is -0.740. The van der Waals surface area contributed by atoms with E-state index in [4.69, 9.17) is 14.2 Å². The maximum absolute atomic E-state index is 12.9. The van der Waals surface area contributed by atoms with Crippen molar-refractivity contribution in [2.45, 2.75) is 12.1 Å². The maximum atomic E-state index is 12.9. The van der Waals surface area contributed by atoms with E-state index in [1.54, 1.807) is 19.4 Å². The van der Waals surface area contributed by atoms with Crippen LogP contribution in [0.25, 0.3) is 0 Å². The summed E-state index contributed by atoms with van der Waals surface area (Å²) in [6, 6.07) is 14.4. The van der Waals surface area contributed by atoms with Gasteiger partial charge in [0.05, 0.1) is 7.11 Å². The van der Waals surface area contributed by atoms with E-state index in [0.29, 0.717) is 11.5 Å². The Morgan fingerprint density at radius 1 is 1.21 bits per heavy atom. The van der Waals surface area contributed by atoms with E-state index in [2.05, 4.69) is 10.3 Å². The molecule has 7 heteroatoms. The molecule has 28 heavy (non-hydrogen) atoms. The topological polar surface area (TPSA) is 74.6 Å². The number of amides is 1. The zero-order chi connectivity index (χ0) is 19.5. The molecule has 144 valence electrons. The Morgan fingerprint density at radius 3 is 2.64 bits per heavy atom. The predicted molar refractivity (Wildman–Crippen MR) is 103 cm³/mol. The van der Waals surface area contributed by atoms with E-state index < -0.39 is 12.1 Å². The van der Waals surface area contributed by atoms with E-state index in [1.165, 1.54) is 0 Å². The molecular formula is C21H21N3O4. The molecule has 7 nitrogen and oxygen atoms in total. The molecule has 2 heterocycles. The molecule has 1 aliphatic rings. The van der Waals surface area contributed by atoms with Crippen LogP contribution in [0.2, 0.25) is 0 Å². The Labute approximate surface area is 162 Å². The van der Waals surface area contributed by atoms with E-state index in [1.807, 2.05) is 60.3 Å². The van der Waals surface area contributed by atoms with Crippen LogP contribution in [0, 0.1) is 0 Å². The van der Waals surface area contributed by atoms with E-state index in [-0.39, 0.29) is 12.5 Å². The van der Waals surface area contributed by atoms with Gasteiger partial charge in [0.15, 0.2) is 11.5 Å². The largest absolute Gasteiger partial charge is 0.497 e. The minimum Gasteiger partial charge on any atom is -0.497 e. The van der Waals surface area contributed by atoms with Crippen LogP contribution in [0.3, 0.4) is 0 Å². The molecule has 3 aromatic rings. The van der Waals surface area contributed by atoms with Crippen LogP contribution in [0.15, 0.2) is 60.9 Å². The highest BCUT2D eigenvalue weighted by Crippen LogP contribution is 2.31. The first-order chi connectivity index (χ1) is 13.7. The second-order valence-corrected chi connectivity index (χ2v) is 6.48. The number of carbonyl (C=O) groups excluding carboxylic acids is 1. The summed E-state index contributed by atoms with van der Waals surface area (Å²) in [6.07, 6.45) is 2.80. The highest BCUT2D eigenvalue weighted by Gasteiger charge is 2.30. The first-order valence-electron chi connectivity index (χ1n) is 8.95. The maximum Gasteiger partial charge on any atom is 0.265 e. The smallest absolute Gasteiger partial charge is 0.265 e. The molecule has 1 aliphatic heterocycles. The van der Waals surface area contributed by atoms with Crippen molar-refractivity contribution < 1.29 is 19.0 Å². The molecule has 0 fully saturated rings. The lowest BCUT2D eigenvalue weighted by Gasteiger charge is -2.27. The van der Waals surface area contributed by atoms with Crippen molar-refractivity contribution in [3.05, 3.63) is 72.3 Å². The number of hydrogen-bond acceptors (Lipinski definition) is 5. The van der Waals surface area contributed by atoms with Crippen molar-refractivity contribution in [1.82, 2.24) is 14.9 Å². The summed E-state index contributed by atoms with van der Waals surface area (Å²) in [6.45, 7) is 0.152. The van der Waals surface area contributed by atoms with Crippen LogP contribution in [0.5, 0.6) is 17.2 Å². The molecule has 0 aliphatic carbocycles. The standard InChI is InChI=1S/C21H21N3O4/c1-24-12-11-22-20(24)19(14-7-9-15(26-2)10-8-14)23-21(25)18-13-27-16-5-3-4-6-17(16)28-18/h3-12,18-19H,13H2,1-2H3,(H,23,25)/t18-,19-/m1/s1. The number of aryl methyl sites for hydroxylation is 1. The lowest BCUT2D eigenvalue weighted by Crippen LogP contribution is -2.45. The number of methoxy groups -OCH3 is 1. The summed E-state index contributed by atoms with van der Waals surface area (Å²) < 4.78 is 18.6.